The molecule has 2 rings (SSSR count). The van der Waals surface area contributed by atoms with Crippen LogP contribution in [0.5, 0.6) is 0 Å². The highest BCUT2D eigenvalue weighted by molar-refractivity contribution is 6.13. The average Bonchev–Trinajstić information content (AvgIpc) is 2.61. The van der Waals surface area contributed by atoms with Gasteiger partial charge in [0.25, 0.3) is 0 Å². The van der Waals surface area contributed by atoms with Gasteiger partial charge in [0.15, 0.2) is 11.6 Å². The summed E-state index contributed by atoms with van der Waals surface area (Å²) in [6.45, 7) is 5.11. The number of nitrogens with one attached hydrogen (secondary N) is 1. The number of Topliss-reactive ketones (excluding diaryl/α,β-unsaturated/α-hetero) is 2. The van der Waals surface area contributed by atoms with E-state index in [0.717, 1.165) is 12.1 Å². The Labute approximate surface area is 155 Å². The average molecular weight is 381 g/mol. The Bertz CT molecular complexity index is 779. The van der Waals surface area contributed by atoms with Crippen LogP contribution < -0.4 is 5.32 Å². The molecule has 0 bridgehead atoms. The van der Waals surface area contributed by atoms with Crippen molar-refractivity contribution in [1.82, 2.24) is 0 Å². The van der Waals surface area contributed by atoms with E-state index < -0.39 is 11.7 Å². The van der Waals surface area contributed by atoms with Gasteiger partial charge in [-0.15, -0.1) is 0 Å². The molecule has 1 aliphatic carbocycles. The van der Waals surface area contributed by atoms with Crippen molar-refractivity contribution >= 4 is 23.2 Å². The van der Waals surface area contributed by atoms with Gasteiger partial charge in [-0.05, 0) is 49.6 Å². The predicted molar refractivity (Wildman–Crippen MR) is 95.0 cm³/mol. The molecular weight excluding hydrogens is 359 g/mol. The van der Waals surface area contributed by atoms with Crippen molar-refractivity contribution in [2.75, 3.05) is 5.32 Å². The molecule has 1 amide bonds. The monoisotopic (exact) mass is 381 g/mol. The van der Waals surface area contributed by atoms with Gasteiger partial charge in [-0.3, -0.25) is 14.4 Å². The number of hydrogen-bond acceptors (Lipinski definition) is 3. The molecule has 0 fully saturated rings. The van der Waals surface area contributed by atoms with Gasteiger partial charge >= 0.3 is 6.18 Å². The summed E-state index contributed by atoms with van der Waals surface area (Å²) >= 11 is 0. The minimum Gasteiger partial charge on any atom is -0.326 e. The molecule has 1 N–H and O–H groups in total. The lowest BCUT2D eigenvalue weighted by Gasteiger charge is -2.26. The number of carbonyl (C=O) groups excluding carboxylic acids is 3. The van der Waals surface area contributed by atoms with Gasteiger partial charge in [0, 0.05) is 29.5 Å². The quantitative estimate of drug-likeness (QED) is 0.814. The third-order valence-electron chi connectivity index (χ3n) is 5.02. The van der Waals surface area contributed by atoms with Crippen molar-refractivity contribution in [2.45, 2.75) is 46.2 Å². The van der Waals surface area contributed by atoms with Gasteiger partial charge in [-0.25, -0.2) is 0 Å². The Hall–Kier alpha value is -2.44. The second-order valence-corrected chi connectivity index (χ2v) is 6.89. The van der Waals surface area contributed by atoms with Crippen LogP contribution in [0.25, 0.3) is 0 Å². The highest BCUT2D eigenvalue weighted by Crippen LogP contribution is 2.31. The van der Waals surface area contributed by atoms with E-state index in [4.69, 9.17) is 0 Å². The number of alkyl halides is 3. The lowest BCUT2D eigenvalue weighted by molar-refractivity contribution is -0.137. The summed E-state index contributed by atoms with van der Waals surface area (Å²) in [7, 11) is 0. The first-order valence-electron chi connectivity index (χ1n) is 8.77. The first kappa shape index (κ1) is 20.9. The van der Waals surface area contributed by atoms with Gasteiger partial charge in [0.2, 0.25) is 5.91 Å². The van der Waals surface area contributed by atoms with E-state index in [9.17, 15) is 27.6 Å². The number of ketones is 2. The second kappa shape index (κ2) is 8.06. The largest absolute Gasteiger partial charge is 0.416 e. The van der Waals surface area contributed by atoms with E-state index in [0.29, 0.717) is 24.0 Å². The summed E-state index contributed by atoms with van der Waals surface area (Å²) in [6, 6.07) is 4.19. The topological polar surface area (TPSA) is 63.2 Å². The minimum absolute atomic E-state index is 0.0358. The molecule has 1 aliphatic rings. The van der Waals surface area contributed by atoms with Crippen molar-refractivity contribution in [2.24, 2.45) is 11.8 Å². The van der Waals surface area contributed by atoms with E-state index in [1.165, 1.54) is 12.1 Å². The Balaban J connectivity index is 1.91. The predicted octanol–water partition coefficient (Wildman–Crippen LogP) is 4.55. The molecule has 0 aliphatic heterocycles. The van der Waals surface area contributed by atoms with Gasteiger partial charge in [0.05, 0.1) is 5.56 Å². The summed E-state index contributed by atoms with van der Waals surface area (Å²) in [5.74, 6) is -1.14. The molecule has 0 aromatic heterocycles. The Morgan fingerprint density at radius 3 is 2.15 bits per heavy atom. The van der Waals surface area contributed by atoms with Crippen molar-refractivity contribution in [3.63, 3.8) is 0 Å². The van der Waals surface area contributed by atoms with Crippen LogP contribution in [0, 0.1) is 11.8 Å². The lowest BCUT2D eigenvalue weighted by atomic mass is 9.75. The Morgan fingerprint density at radius 1 is 1.04 bits per heavy atom. The maximum absolute atomic E-state index is 12.5. The molecule has 146 valence electrons. The molecule has 4 nitrogen and oxygen atoms in total. The molecule has 1 aromatic carbocycles. The zero-order chi connectivity index (χ0) is 20.4. The van der Waals surface area contributed by atoms with Crippen molar-refractivity contribution in [3.8, 4) is 0 Å². The molecule has 0 saturated heterocycles. The fourth-order valence-electron chi connectivity index (χ4n) is 3.11. The number of hydrogen-bond donors (Lipinski definition) is 1. The van der Waals surface area contributed by atoms with E-state index in [-0.39, 0.29) is 41.4 Å². The molecule has 0 heterocycles. The third-order valence-corrected chi connectivity index (χ3v) is 5.02. The molecule has 0 spiro atoms. The van der Waals surface area contributed by atoms with Gasteiger partial charge in [-0.2, -0.15) is 13.2 Å². The highest BCUT2D eigenvalue weighted by Gasteiger charge is 2.35. The normalized spacial score (nSPS) is 20.8. The SMILES string of the molecule is CC1=C(CCCC(=O)Nc2ccc(C(F)(F)F)cc2)C(=O)C(C)C(C)C1=O. The summed E-state index contributed by atoms with van der Waals surface area (Å²) in [6.07, 6.45) is -3.62. The molecular formula is C20H22F3NO3. The van der Waals surface area contributed by atoms with Crippen LogP contribution in [0.2, 0.25) is 0 Å². The van der Waals surface area contributed by atoms with E-state index in [1.807, 2.05) is 0 Å². The standard InChI is InChI=1S/C20H22F3NO3/c1-11-12(2)19(27)16(13(3)18(11)26)5-4-6-17(25)24-15-9-7-14(8-10-15)20(21,22)23/h7-12H,4-6H2,1-3H3,(H,24,25). The fraction of sp³-hybridized carbons (Fsp3) is 0.450. The second-order valence-electron chi connectivity index (χ2n) is 6.89. The first-order chi connectivity index (χ1) is 12.5. The van der Waals surface area contributed by atoms with Gasteiger partial charge < -0.3 is 5.32 Å². The van der Waals surface area contributed by atoms with Crippen LogP contribution in [0.4, 0.5) is 18.9 Å². The number of rotatable bonds is 5. The molecule has 0 radical (unpaired) electrons. The molecule has 2 atom stereocenters. The summed E-state index contributed by atoms with van der Waals surface area (Å²) in [4.78, 5) is 36.5. The molecule has 0 saturated carbocycles. The highest BCUT2D eigenvalue weighted by atomic mass is 19.4. The Morgan fingerprint density at radius 2 is 1.59 bits per heavy atom. The molecule has 1 aromatic rings. The van der Waals surface area contributed by atoms with Crippen LogP contribution in [0.1, 0.15) is 45.6 Å². The zero-order valence-corrected chi connectivity index (χ0v) is 15.4. The van der Waals surface area contributed by atoms with Crippen LogP contribution >= 0.6 is 0 Å². The number of halogens is 3. The zero-order valence-electron chi connectivity index (χ0n) is 15.4. The smallest absolute Gasteiger partial charge is 0.326 e. The summed E-state index contributed by atoms with van der Waals surface area (Å²) in [5, 5.41) is 2.53. The Kier molecular flexibility index (Phi) is 6.23. The van der Waals surface area contributed by atoms with Crippen molar-refractivity contribution in [3.05, 3.63) is 41.0 Å². The summed E-state index contributed by atoms with van der Waals surface area (Å²) < 4.78 is 37.6. The third kappa shape index (κ3) is 4.84. The molecule has 2 unspecified atom stereocenters. The first-order valence-corrected chi connectivity index (χ1v) is 8.77. The van der Waals surface area contributed by atoms with Crippen LogP contribution in [0.3, 0.4) is 0 Å². The van der Waals surface area contributed by atoms with Crippen LogP contribution in [-0.2, 0) is 20.6 Å². The van der Waals surface area contributed by atoms with E-state index in [1.54, 1.807) is 20.8 Å². The maximum atomic E-state index is 12.5. The number of benzene rings is 1. The molecule has 27 heavy (non-hydrogen) atoms. The number of carbonyl (C=O) groups is 3. The van der Waals surface area contributed by atoms with Crippen molar-refractivity contribution < 1.29 is 27.6 Å². The van der Waals surface area contributed by atoms with E-state index in [2.05, 4.69) is 5.32 Å². The maximum Gasteiger partial charge on any atom is 0.416 e. The fourth-order valence-corrected chi connectivity index (χ4v) is 3.11. The molecule has 7 heteroatoms. The van der Waals surface area contributed by atoms with Crippen molar-refractivity contribution in [1.29, 1.82) is 0 Å². The number of allylic oxidation sites excluding steroid dienone is 2. The van der Waals surface area contributed by atoms with Gasteiger partial charge in [0.1, 0.15) is 0 Å². The van der Waals surface area contributed by atoms with Gasteiger partial charge in [-0.1, -0.05) is 13.8 Å². The van der Waals surface area contributed by atoms with Crippen LogP contribution in [0.15, 0.2) is 35.4 Å². The number of anilines is 1. The minimum atomic E-state index is -4.42. The lowest BCUT2D eigenvalue weighted by Crippen LogP contribution is -2.33. The van der Waals surface area contributed by atoms with Crippen LogP contribution in [-0.4, -0.2) is 17.5 Å². The number of amides is 1. The summed E-state index contributed by atoms with van der Waals surface area (Å²) in [5.41, 5.74) is 0.433. The van der Waals surface area contributed by atoms with E-state index >= 15 is 0 Å².